The van der Waals surface area contributed by atoms with E-state index in [4.69, 9.17) is 11.6 Å². The molecular formula is C21H27ClN2O3S. The second-order valence-electron chi connectivity index (χ2n) is 8.01. The van der Waals surface area contributed by atoms with Gasteiger partial charge in [-0.15, -0.1) is 0 Å². The Morgan fingerprint density at radius 1 is 1.07 bits per heavy atom. The maximum atomic E-state index is 12.4. The highest BCUT2D eigenvalue weighted by Crippen LogP contribution is 2.24. The summed E-state index contributed by atoms with van der Waals surface area (Å²) in [5, 5.41) is 2.67. The van der Waals surface area contributed by atoms with Crippen molar-refractivity contribution in [3.63, 3.8) is 0 Å². The van der Waals surface area contributed by atoms with Crippen LogP contribution in [0.1, 0.15) is 56.1 Å². The monoisotopic (exact) mass is 422 g/mol. The predicted octanol–water partition coefficient (Wildman–Crippen LogP) is 4.72. The SMILES string of the molecule is CC(C)S(=O)(=O)Nc1ccc(CNC(=O)c2ccc(C(C)(C)C)cc2)c(Cl)c1. The summed E-state index contributed by atoms with van der Waals surface area (Å²) in [4.78, 5) is 12.4. The zero-order valence-corrected chi connectivity index (χ0v) is 18.4. The number of anilines is 1. The van der Waals surface area contributed by atoms with E-state index in [1.165, 1.54) is 0 Å². The fourth-order valence-electron chi connectivity index (χ4n) is 2.44. The van der Waals surface area contributed by atoms with E-state index in [0.717, 1.165) is 5.56 Å². The number of hydrogen-bond donors (Lipinski definition) is 2. The number of amides is 1. The van der Waals surface area contributed by atoms with Crippen molar-refractivity contribution in [3.8, 4) is 0 Å². The van der Waals surface area contributed by atoms with E-state index in [9.17, 15) is 13.2 Å². The van der Waals surface area contributed by atoms with Gasteiger partial charge in [0.1, 0.15) is 0 Å². The van der Waals surface area contributed by atoms with Crippen molar-refractivity contribution < 1.29 is 13.2 Å². The molecule has 0 bridgehead atoms. The summed E-state index contributed by atoms with van der Waals surface area (Å²) >= 11 is 6.25. The van der Waals surface area contributed by atoms with E-state index in [1.54, 1.807) is 44.2 Å². The Hall–Kier alpha value is -2.05. The van der Waals surface area contributed by atoms with Crippen LogP contribution in [-0.4, -0.2) is 19.6 Å². The second kappa shape index (κ2) is 8.53. The zero-order valence-electron chi connectivity index (χ0n) is 16.8. The molecule has 2 rings (SSSR count). The van der Waals surface area contributed by atoms with Crippen molar-refractivity contribution in [3.05, 3.63) is 64.2 Å². The number of carbonyl (C=O) groups is 1. The third-order valence-corrected chi connectivity index (χ3v) is 6.50. The molecule has 1 amide bonds. The Kier molecular flexibility index (Phi) is 6.78. The van der Waals surface area contributed by atoms with Crippen LogP contribution in [0.15, 0.2) is 42.5 Å². The fourth-order valence-corrected chi connectivity index (χ4v) is 3.37. The molecule has 2 aromatic carbocycles. The van der Waals surface area contributed by atoms with Crippen LogP contribution < -0.4 is 10.0 Å². The molecule has 0 heterocycles. The van der Waals surface area contributed by atoms with E-state index in [0.29, 0.717) is 21.8 Å². The number of nitrogens with one attached hydrogen (secondary N) is 2. The van der Waals surface area contributed by atoms with E-state index >= 15 is 0 Å². The van der Waals surface area contributed by atoms with E-state index in [-0.39, 0.29) is 17.9 Å². The van der Waals surface area contributed by atoms with Crippen molar-refractivity contribution in [2.45, 2.75) is 51.8 Å². The second-order valence-corrected chi connectivity index (χ2v) is 10.7. The number of hydrogen-bond acceptors (Lipinski definition) is 3. The van der Waals surface area contributed by atoms with Crippen LogP contribution in [0, 0.1) is 0 Å². The summed E-state index contributed by atoms with van der Waals surface area (Å²) in [5.41, 5.74) is 2.86. The summed E-state index contributed by atoms with van der Waals surface area (Å²) in [7, 11) is -3.44. The molecule has 0 spiro atoms. The lowest BCUT2D eigenvalue weighted by Crippen LogP contribution is -2.24. The maximum absolute atomic E-state index is 12.4. The minimum Gasteiger partial charge on any atom is -0.348 e. The number of sulfonamides is 1. The zero-order chi connectivity index (χ0) is 21.1. The standard InChI is InChI=1S/C21H27ClN2O3S/c1-14(2)28(26,27)24-18-11-8-16(19(22)12-18)13-23-20(25)15-6-9-17(10-7-15)21(3,4)5/h6-12,14,24H,13H2,1-5H3,(H,23,25). The van der Waals surface area contributed by atoms with Gasteiger partial charge in [0.15, 0.2) is 0 Å². The molecule has 0 aliphatic heterocycles. The highest BCUT2D eigenvalue weighted by molar-refractivity contribution is 7.93. The van der Waals surface area contributed by atoms with Crippen LogP contribution in [-0.2, 0) is 22.0 Å². The maximum Gasteiger partial charge on any atom is 0.251 e. The average Bonchev–Trinajstić information content (AvgIpc) is 2.59. The third kappa shape index (κ3) is 5.72. The smallest absolute Gasteiger partial charge is 0.251 e. The molecule has 0 unspecified atom stereocenters. The van der Waals surface area contributed by atoms with Gasteiger partial charge in [0, 0.05) is 22.8 Å². The van der Waals surface area contributed by atoms with E-state index in [2.05, 4.69) is 30.8 Å². The van der Waals surface area contributed by atoms with Gasteiger partial charge >= 0.3 is 0 Å². The number of halogens is 1. The Morgan fingerprint density at radius 2 is 1.68 bits per heavy atom. The van der Waals surface area contributed by atoms with Crippen molar-refractivity contribution in [1.29, 1.82) is 0 Å². The van der Waals surface area contributed by atoms with Crippen molar-refractivity contribution >= 4 is 33.2 Å². The average molecular weight is 423 g/mol. The van der Waals surface area contributed by atoms with Gasteiger partial charge in [-0.1, -0.05) is 50.6 Å². The molecule has 0 saturated carbocycles. The quantitative estimate of drug-likeness (QED) is 0.707. The van der Waals surface area contributed by atoms with Crippen LogP contribution in [0.5, 0.6) is 0 Å². The third-order valence-electron chi connectivity index (χ3n) is 4.39. The van der Waals surface area contributed by atoms with Gasteiger partial charge in [0.05, 0.1) is 5.25 Å². The van der Waals surface area contributed by atoms with Crippen LogP contribution in [0.25, 0.3) is 0 Å². The summed E-state index contributed by atoms with van der Waals surface area (Å²) in [6.45, 7) is 9.80. The first kappa shape index (κ1) is 22.2. The van der Waals surface area contributed by atoms with Crippen LogP contribution in [0.4, 0.5) is 5.69 Å². The summed E-state index contributed by atoms with van der Waals surface area (Å²) in [5.74, 6) is -0.193. The van der Waals surface area contributed by atoms with Gasteiger partial charge in [0.25, 0.3) is 5.91 Å². The molecule has 5 nitrogen and oxygen atoms in total. The van der Waals surface area contributed by atoms with Crippen molar-refractivity contribution in [1.82, 2.24) is 5.32 Å². The largest absolute Gasteiger partial charge is 0.348 e. The van der Waals surface area contributed by atoms with Crippen LogP contribution in [0.3, 0.4) is 0 Å². The number of rotatable bonds is 6. The molecule has 0 aliphatic carbocycles. The first-order valence-electron chi connectivity index (χ1n) is 9.09. The lowest BCUT2D eigenvalue weighted by atomic mass is 9.87. The first-order chi connectivity index (χ1) is 12.9. The van der Waals surface area contributed by atoms with Gasteiger partial charge < -0.3 is 5.32 Å². The van der Waals surface area contributed by atoms with Gasteiger partial charge in [0.2, 0.25) is 10.0 Å². The summed E-state index contributed by atoms with van der Waals surface area (Å²) in [6.07, 6.45) is 0. The van der Waals surface area contributed by atoms with Crippen molar-refractivity contribution in [2.75, 3.05) is 4.72 Å². The molecule has 152 valence electrons. The molecule has 0 fully saturated rings. The molecule has 7 heteroatoms. The van der Waals surface area contributed by atoms with Gasteiger partial charge in [-0.05, 0) is 54.7 Å². The first-order valence-corrected chi connectivity index (χ1v) is 11.0. The van der Waals surface area contributed by atoms with Gasteiger partial charge in [-0.2, -0.15) is 0 Å². The number of carbonyl (C=O) groups excluding carboxylic acids is 1. The summed E-state index contributed by atoms with van der Waals surface area (Å²) in [6, 6.07) is 12.4. The van der Waals surface area contributed by atoms with Gasteiger partial charge in [-0.3, -0.25) is 9.52 Å². The molecular weight excluding hydrogens is 396 g/mol. The minimum atomic E-state index is -3.44. The molecule has 2 N–H and O–H groups in total. The molecule has 0 radical (unpaired) electrons. The molecule has 28 heavy (non-hydrogen) atoms. The minimum absolute atomic E-state index is 0.0291. The van der Waals surface area contributed by atoms with Crippen LogP contribution >= 0.6 is 11.6 Å². The lowest BCUT2D eigenvalue weighted by molar-refractivity contribution is 0.0951. The van der Waals surface area contributed by atoms with Crippen molar-refractivity contribution in [2.24, 2.45) is 0 Å². The Bertz CT molecular complexity index is 947. The lowest BCUT2D eigenvalue weighted by Gasteiger charge is -2.19. The normalized spacial score (nSPS) is 12.1. The highest BCUT2D eigenvalue weighted by Gasteiger charge is 2.17. The molecule has 0 aromatic heterocycles. The van der Waals surface area contributed by atoms with E-state index in [1.807, 2.05) is 12.1 Å². The Morgan fingerprint density at radius 3 is 2.18 bits per heavy atom. The molecule has 0 saturated heterocycles. The molecule has 0 aliphatic rings. The topological polar surface area (TPSA) is 75.3 Å². The molecule has 0 atom stereocenters. The number of benzene rings is 2. The predicted molar refractivity (Wildman–Crippen MR) is 115 cm³/mol. The molecule has 2 aromatic rings. The Labute approximate surface area is 172 Å². The summed E-state index contributed by atoms with van der Waals surface area (Å²) < 4.78 is 26.4. The highest BCUT2D eigenvalue weighted by atomic mass is 35.5. The fraction of sp³-hybridized carbons (Fsp3) is 0.381. The van der Waals surface area contributed by atoms with Gasteiger partial charge in [-0.25, -0.2) is 8.42 Å². The van der Waals surface area contributed by atoms with E-state index < -0.39 is 15.3 Å². The van der Waals surface area contributed by atoms with Crippen LogP contribution in [0.2, 0.25) is 5.02 Å². The Balaban J connectivity index is 2.03.